The number of nitrogens with one attached hydrogen (secondary N) is 2. The molecule has 0 aromatic heterocycles. The van der Waals surface area contributed by atoms with E-state index in [2.05, 4.69) is 10.0 Å². The number of hydrogen-bond acceptors (Lipinski definition) is 5. The van der Waals surface area contributed by atoms with Crippen LogP contribution < -0.4 is 19.5 Å². The molecule has 1 amide bonds. The molecule has 8 heteroatoms. The van der Waals surface area contributed by atoms with Gasteiger partial charge in [0.2, 0.25) is 5.91 Å². The van der Waals surface area contributed by atoms with Gasteiger partial charge in [-0.1, -0.05) is 42.5 Å². The molecule has 180 valence electrons. The van der Waals surface area contributed by atoms with E-state index in [9.17, 15) is 13.2 Å². The number of methoxy groups -OCH3 is 2. The van der Waals surface area contributed by atoms with E-state index in [1.54, 1.807) is 44.6 Å². The van der Waals surface area contributed by atoms with E-state index in [1.807, 2.05) is 42.5 Å². The number of rotatable bonds is 9. The number of sulfonamides is 1. The van der Waals surface area contributed by atoms with E-state index in [0.717, 1.165) is 16.3 Å². The monoisotopic (exact) mass is 490 g/mol. The Morgan fingerprint density at radius 1 is 0.829 bits per heavy atom. The van der Waals surface area contributed by atoms with Crippen LogP contribution in [0.5, 0.6) is 11.5 Å². The van der Waals surface area contributed by atoms with Crippen LogP contribution in [0.3, 0.4) is 0 Å². The third-order valence-corrected chi connectivity index (χ3v) is 6.95. The maximum atomic E-state index is 12.9. The van der Waals surface area contributed by atoms with Crippen LogP contribution in [0.15, 0.2) is 89.8 Å². The zero-order chi connectivity index (χ0) is 24.8. The minimum atomic E-state index is -3.79. The third kappa shape index (κ3) is 5.73. The van der Waals surface area contributed by atoms with Crippen molar-refractivity contribution in [3.8, 4) is 11.5 Å². The quantitative estimate of drug-likeness (QED) is 0.335. The Labute approximate surface area is 204 Å². The molecule has 0 spiro atoms. The molecule has 4 aromatic carbocycles. The van der Waals surface area contributed by atoms with Crippen molar-refractivity contribution in [1.29, 1.82) is 0 Å². The lowest BCUT2D eigenvalue weighted by Gasteiger charge is -2.12. The summed E-state index contributed by atoms with van der Waals surface area (Å²) in [6, 6.07) is 24.6. The predicted octanol–water partition coefficient (Wildman–Crippen LogP) is 5.23. The van der Waals surface area contributed by atoms with Crippen LogP contribution in [0.2, 0.25) is 0 Å². The summed E-state index contributed by atoms with van der Waals surface area (Å²) in [4.78, 5) is 12.5. The van der Waals surface area contributed by atoms with Gasteiger partial charge in [-0.2, -0.15) is 0 Å². The molecule has 0 bridgehead atoms. The number of fused-ring (bicyclic) bond motifs is 1. The summed E-state index contributed by atoms with van der Waals surface area (Å²) in [5.41, 5.74) is 1.97. The number of benzene rings is 4. The molecule has 0 heterocycles. The van der Waals surface area contributed by atoms with Crippen LogP contribution >= 0.6 is 0 Å². The van der Waals surface area contributed by atoms with E-state index < -0.39 is 10.0 Å². The number of carbonyl (C=O) groups excluding carboxylic acids is 1. The molecule has 35 heavy (non-hydrogen) atoms. The molecule has 4 aromatic rings. The van der Waals surface area contributed by atoms with E-state index in [0.29, 0.717) is 29.3 Å². The summed E-state index contributed by atoms with van der Waals surface area (Å²) in [5, 5.41) is 4.57. The van der Waals surface area contributed by atoms with Gasteiger partial charge in [-0.3, -0.25) is 9.52 Å². The van der Waals surface area contributed by atoms with Gasteiger partial charge in [0.05, 0.1) is 24.8 Å². The van der Waals surface area contributed by atoms with Gasteiger partial charge in [0.25, 0.3) is 10.0 Å². The Hall–Kier alpha value is -4.04. The average molecular weight is 491 g/mol. The molecule has 0 radical (unpaired) electrons. The molecule has 0 aliphatic carbocycles. The largest absolute Gasteiger partial charge is 0.493 e. The minimum absolute atomic E-state index is 0.105. The number of aryl methyl sites for hydroxylation is 1. The summed E-state index contributed by atoms with van der Waals surface area (Å²) in [6.07, 6.45) is 0.784. The molecule has 0 aliphatic rings. The average Bonchev–Trinajstić information content (AvgIpc) is 2.87. The molecule has 0 unspecified atom stereocenters. The fourth-order valence-corrected chi connectivity index (χ4v) is 4.83. The number of anilines is 2. The van der Waals surface area contributed by atoms with Crippen LogP contribution in [0.1, 0.15) is 12.0 Å². The third-order valence-electron chi connectivity index (χ3n) is 5.57. The molecule has 0 aliphatic heterocycles. The Bertz CT molecular complexity index is 1450. The summed E-state index contributed by atoms with van der Waals surface area (Å²) in [7, 11) is -0.658. The van der Waals surface area contributed by atoms with Crippen molar-refractivity contribution in [3.63, 3.8) is 0 Å². The van der Waals surface area contributed by atoms with Gasteiger partial charge in [0.1, 0.15) is 0 Å². The molecule has 7 nitrogen and oxygen atoms in total. The van der Waals surface area contributed by atoms with Crippen molar-refractivity contribution in [3.05, 3.63) is 90.5 Å². The molecule has 2 N–H and O–H groups in total. The second-order valence-corrected chi connectivity index (χ2v) is 9.58. The van der Waals surface area contributed by atoms with Gasteiger partial charge >= 0.3 is 0 Å². The minimum Gasteiger partial charge on any atom is -0.493 e. The lowest BCUT2D eigenvalue weighted by atomic mass is 10.1. The van der Waals surface area contributed by atoms with Crippen molar-refractivity contribution >= 4 is 38.1 Å². The molecule has 0 atom stereocenters. The Kier molecular flexibility index (Phi) is 7.22. The highest BCUT2D eigenvalue weighted by molar-refractivity contribution is 7.92. The molecular weight excluding hydrogens is 464 g/mol. The summed E-state index contributed by atoms with van der Waals surface area (Å²) < 4.78 is 39.0. The van der Waals surface area contributed by atoms with E-state index in [-0.39, 0.29) is 17.2 Å². The first-order valence-corrected chi connectivity index (χ1v) is 12.5. The molecular formula is C27H26N2O5S. The van der Waals surface area contributed by atoms with Crippen molar-refractivity contribution in [1.82, 2.24) is 0 Å². The first-order valence-electron chi connectivity index (χ1n) is 11.0. The van der Waals surface area contributed by atoms with Crippen molar-refractivity contribution in [2.24, 2.45) is 0 Å². The molecule has 0 fully saturated rings. The van der Waals surface area contributed by atoms with Gasteiger partial charge in [0, 0.05) is 17.5 Å². The van der Waals surface area contributed by atoms with Crippen LogP contribution in [0, 0.1) is 0 Å². The highest BCUT2D eigenvalue weighted by Crippen LogP contribution is 2.28. The second-order valence-electron chi connectivity index (χ2n) is 7.89. The van der Waals surface area contributed by atoms with Crippen LogP contribution in [-0.2, 0) is 21.2 Å². The van der Waals surface area contributed by atoms with Crippen LogP contribution in [-0.4, -0.2) is 28.5 Å². The zero-order valence-electron chi connectivity index (χ0n) is 19.4. The predicted molar refractivity (Wildman–Crippen MR) is 138 cm³/mol. The van der Waals surface area contributed by atoms with E-state index in [4.69, 9.17) is 9.47 Å². The Morgan fingerprint density at radius 3 is 2.29 bits per heavy atom. The summed E-state index contributed by atoms with van der Waals surface area (Å²) in [5.74, 6) is 1.06. The maximum Gasteiger partial charge on any atom is 0.261 e. The summed E-state index contributed by atoms with van der Waals surface area (Å²) in [6.45, 7) is 0. The number of amides is 1. The first kappa shape index (κ1) is 24.1. The van der Waals surface area contributed by atoms with Gasteiger partial charge in [-0.05, 0) is 59.8 Å². The number of hydrogen-bond donors (Lipinski definition) is 2. The highest BCUT2D eigenvalue weighted by atomic mass is 32.2. The van der Waals surface area contributed by atoms with Crippen molar-refractivity contribution < 1.29 is 22.7 Å². The van der Waals surface area contributed by atoms with Gasteiger partial charge in [-0.25, -0.2) is 8.42 Å². The smallest absolute Gasteiger partial charge is 0.261 e. The Morgan fingerprint density at radius 2 is 1.54 bits per heavy atom. The SMILES string of the molecule is COc1ccc(CCC(=O)Nc2ccc(S(=O)(=O)Nc3cccc4ccccc34)cc2)cc1OC. The molecule has 0 saturated heterocycles. The number of ether oxygens (including phenoxy) is 2. The van der Waals surface area contributed by atoms with Crippen LogP contribution in [0.25, 0.3) is 10.8 Å². The van der Waals surface area contributed by atoms with Gasteiger partial charge in [0.15, 0.2) is 11.5 Å². The van der Waals surface area contributed by atoms with Gasteiger partial charge < -0.3 is 14.8 Å². The van der Waals surface area contributed by atoms with E-state index >= 15 is 0 Å². The van der Waals surface area contributed by atoms with E-state index in [1.165, 1.54) is 12.1 Å². The number of carbonyl (C=O) groups is 1. The highest BCUT2D eigenvalue weighted by Gasteiger charge is 2.16. The first-order chi connectivity index (χ1) is 16.9. The fraction of sp³-hybridized carbons (Fsp3) is 0.148. The topological polar surface area (TPSA) is 93.7 Å². The van der Waals surface area contributed by atoms with Gasteiger partial charge in [-0.15, -0.1) is 0 Å². The zero-order valence-corrected chi connectivity index (χ0v) is 20.3. The van der Waals surface area contributed by atoms with Crippen molar-refractivity contribution in [2.45, 2.75) is 17.7 Å². The summed E-state index contributed by atoms with van der Waals surface area (Å²) >= 11 is 0. The lowest BCUT2D eigenvalue weighted by Crippen LogP contribution is -2.14. The lowest BCUT2D eigenvalue weighted by molar-refractivity contribution is -0.116. The standard InChI is InChI=1S/C27H26N2O5S/c1-33-25-16-10-19(18-26(25)34-2)11-17-27(30)28-21-12-14-22(15-13-21)35(31,32)29-24-9-5-7-20-6-3-4-8-23(20)24/h3-10,12-16,18,29H,11,17H2,1-2H3,(H,28,30). The molecule has 4 rings (SSSR count). The van der Waals surface area contributed by atoms with Crippen LogP contribution in [0.4, 0.5) is 11.4 Å². The Balaban J connectivity index is 1.39. The van der Waals surface area contributed by atoms with Crippen molar-refractivity contribution in [2.75, 3.05) is 24.3 Å². The molecule has 0 saturated carbocycles. The normalized spacial score (nSPS) is 11.1. The maximum absolute atomic E-state index is 12.9. The second kappa shape index (κ2) is 10.5. The fourth-order valence-electron chi connectivity index (χ4n) is 3.75.